The van der Waals surface area contributed by atoms with Crippen LogP contribution in [0.4, 0.5) is 10.8 Å². The van der Waals surface area contributed by atoms with E-state index in [1.807, 2.05) is 42.5 Å². The first-order valence-electron chi connectivity index (χ1n) is 5.72. The number of methoxy groups -OCH3 is 1. The molecule has 3 rings (SSSR count). The van der Waals surface area contributed by atoms with Crippen LogP contribution >= 0.6 is 22.9 Å². The molecule has 0 fully saturated rings. The first kappa shape index (κ1) is 12.3. The van der Waals surface area contributed by atoms with Crippen LogP contribution in [0.1, 0.15) is 0 Å². The van der Waals surface area contributed by atoms with E-state index in [2.05, 4.69) is 10.3 Å². The molecule has 3 aromatic rings. The molecule has 0 radical (unpaired) electrons. The third kappa shape index (κ3) is 2.64. The summed E-state index contributed by atoms with van der Waals surface area (Å²) in [6.07, 6.45) is 0. The largest absolute Gasteiger partial charge is 0.497 e. The number of fused-ring (bicyclic) bond motifs is 1. The van der Waals surface area contributed by atoms with E-state index in [1.54, 1.807) is 18.4 Å². The van der Waals surface area contributed by atoms with Gasteiger partial charge in [0.25, 0.3) is 0 Å². The predicted molar refractivity (Wildman–Crippen MR) is 80.9 cm³/mol. The summed E-state index contributed by atoms with van der Waals surface area (Å²) in [6.45, 7) is 0. The van der Waals surface area contributed by atoms with Crippen molar-refractivity contribution in [3.63, 3.8) is 0 Å². The Labute approximate surface area is 119 Å². The summed E-state index contributed by atoms with van der Waals surface area (Å²) >= 11 is 7.55. The molecule has 0 saturated heterocycles. The van der Waals surface area contributed by atoms with Crippen molar-refractivity contribution in [1.29, 1.82) is 0 Å². The SMILES string of the molecule is COc1cccc(Nc2nc3cc(Cl)ccc3s2)c1. The number of hydrogen-bond acceptors (Lipinski definition) is 4. The van der Waals surface area contributed by atoms with E-state index in [0.29, 0.717) is 5.02 Å². The van der Waals surface area contributed by atoms with Gasteiger partial charge in [-0.05, 0) is 30.3 Å². The molecule has 0 amide bonds. The summed E-state index contributed by atoms with van der Waals surface area (Å²) in [5.41, 5.74) is 1.85. The van der Waals surface area contributed by atoms with Crippen LogP contribution in [0.15, 0.2) is 42.5 Å². The van der Waals surface area contributed by atoms with Crippen molar-refractivity contribution in [2.75, 3.05) is 12.4 Å². The zero-order chi connectivity index (χ0) is 13.2. The van der Waals surface area contributed by atoms with Crippen LogP contribution in [0.5, 0.6) is 5.75 Å². The van der Waals surface area contributed by atoms with E-state index in [-0.39, 0.29) is 0 Å². The number of nitrogens with one attached hydrogen (secondary N) is 1. The molecule has 19 heavy (non-hydrogen) atoms. The van der Waals surface area contributed by atoms with Crippen molar-refractivity contribution in [2.45, 2.75) is 0 Å². The first-order chi connectivity index (χ1) is 9.24. The Bertz CT molecular complexity index is 726. The summed E-state index contributed by atoms with van der Waals surface area (Å²) < 4.78 is 6.30. The van der Waals surface area contributed by atoms with Gasteiger partial charge in [0.2, 0.25) is 0 Å². The number of anilines is 2. The number of benzene rings is 2. The Hall–Kier alpha value is -1.78. The summed E-state index contributed by atoms with van der Waals surface area (Å²) in [5.74, 6) is 0.814. The third-order valence-corrected chi connectivity index (χ3v) is 3.86. The molecule has 0 aliphatic heterocycles. The Kier molecular flexibility index (Phi) is 3.27. The summed E-state index contributed by atoms with van der Waals surface area (Å²) in [5, 5.41) is 4.81. The second kappa shape index (κ2) is 5.07. The van der Waals surface area contributed by atoms with E-state index in [0.717, 1.165) is 26.8 Å². The Balaban J connectivity index is 1.92. The van der Waals surface area contributed by atoms with Crippen LogP contribution in [0.25, 0.3) is 10.2 Å². The number of hydrogen-bond donors (Lipinski definition) is 1. The maximum atomic E-state index is 5.96. The van der Waals surface area contributed by atoms with Crippen LogP contribution in [0, 0.1) is 0 Å². The molecule has 0 aliphatic carbocycles. The lowest BCUT2D eigenvalue weighted by Crippen LogP contribution is -1.90. The summed E-state index contributed by atoms with van der Waals surface area (Å²) in [6, 6.07) is 13.5. The van der Waals surface area contributed by atoms with Gasteiger partial charge in [-0.1, -0.05) is 29.0 Å². The van der Waals surface area contributed by atoms with Crippen molar-refractivity contribution in [1.82, 2.24) is 4.98 Å². The summed E-state index contributed by atoms with van der Waals surface area (Å²) in [4.78, 5) is 4.51. The van der Waals surface area contributed by atoms with Crippen molar-refractivity contribution < 1.29 is 4.74 Å². The number of halogens is 1. The maximum absolute atomic E-state index is 5.96. The van der Waals surface area contributed by atoms with Crippen molar-refractivity contribution in [3.8, 4) is 5.75 Å². The van der Waals surface area contributed by atoms with Crippen LogP contribution in [0.3, 0.4) is 0 Å². The molecule has 96 valence electrons. The third-order valence-electron chi connectivity index (χ3n) is 2.67. The number of rotatable bonds is 3. The van der Waals surface area contributed by atoms with Gasteiger partial charge in [0, 0.05) is 16.8 Å². The number of nitrogens with zero attached hydrogens (tertiary/aromatic N) is 1. The Morgan fingerprint density at radius 1 is 1.21 bits per heavy atom. The first-order valence-corrected chi connectivity index (χ1v) is 6.91. The zero-order valence-corrected chi connectivity index (χ0v) is 11.8. The Morgan fingerprint density at radius 3 is 2.95 bits per heavy atom. The smallest absolute Gasteiger partial charge is 0.188 e. The van der Waals surface area contributed by atoms with Crippen LogP contribution < -0.4 is 10.1 Å². The lowest BCUT2D eigenvalue weighted by molar-refractivity contribution is 0.415. The van der Waals surface area contributed by atoms with E-state index in [1.165, 1.54) is 0 Å². The predicted octanol–water partition coefficient (Wildman–Crippen LogP) is 4.70. The molecule has 0 bridgehead atoms. The van der Waals surface area contributed by atoms with Crippen LogP contribution in [0.2, 0.25) is 5.02 Å². The van der Waals surface area contributed by atoms with E-state index in [4.69, 9.17) is 16.3 Å². The fourth-order valence-corrected chi connectivity index (χ4v) is 2.81. The van der Waals surface area contributed by atoms with Crippen molar-refractivity contribution in [3.05, 3.63) is 47.5 Å². The Morgan fingerprint density at radius 2 is 2.11 bits per heavy atom. The molecule has 5 heteroatoms. The zero-order valence-electron chi connectivity index (χ0n) is 10.2. The van der Waals surface area contributed by atoms with Gasteiger partial charge in [-0.3, -0.25) is 0 Å². The molecular formula is C14H11ClN2OS. The second-order valence-corrected chi connectivity index (χ2v) is 5.46. The molecule has 1 N–H and O–H groups in total. The fraction of sp³-hybridized carbons (Fsp3) is 0.0714. The van der Waals surface area contributed by atoms with E-state index < -0.39 is 0 Å². The van der Waals surface area contributed by atoms with Crippen LogP contribution in [-0.4, -0.2) is 12.1 Å². The van der Waals surface area contributed by atoms with Gasteiger partial charge in [0.05, 0.1) is 17.3 Å². The molecular weight excluding hydrogens is 280 g/mol. The topological polar surface area (TPSA) is 34.1 Å². The van der Waals surface area contributed by atoms with Crippen LogP contribution in [-0.2, 0) is 0 Å². The molecule has 0 atom stereocenters. The molecule has 1 heterocycles. The molecule has 3 nitrogen and oxygen atoms in total. The van der Waals surface area contributed by atoms with E-state index in [9.17, 15) is 0 Å². The molecule has 0 aliphatic rings. The van der Waals surface area contributed by atoms with E-state index >= 15 is 0 Å². The minimum atomic E-state index is 0.700. The van der Waals surface area contributed by atoms with Crippen molar-refractivity contribution in [2.24, 2.45) is 0 Å². The highest BCUT2D eigenvalue weighted by atomic mass is 35.5. The minimum Gasteiger partial charge on any atom is -0.497 e. The van der Waals surface area contributed by atoms with Gasteiger partial charge in [0.1, 0.15) is 5.75 Å². The molecule has 0 unspecified atom stereocenters. The highest BCUT2D eigenvalue weighted by molar-refractivity contribution is 7.22. The average molecular weight is 291 g/mol. The molecule has 0 spiro atoms. The lowest BCUT2D eigenvalue weighted by atomic mass is 10.3. The normalized spacial score (nSPS) is 10.6. The van der Waals surface area contributed by atoms with Gasteiger partial charge < -0.3 is 10.1 Å². The standard InChI is InChI=1S/C14H11ClN2OS/c1-18-11-4-2-3-10(8-11)16-14-17-12-7-9(15)5-6-13(12)19-14/h2-8H,1H3,(H,16,17). The van der Waals surface area contributed by atoms with Gasteiger partial charge in [-0.15, -0.1) is 0 Å². The summed E-state index contributed by atoms with van der Waals surface area (Å²) in [7, 11) is 1.65. The fourth-order valence-electron chi connectivity index (χ4n) is 1.78. The highest BCUT2D eigenvalue weighted by Crippen LogP contribution is 2.30. The van der Waals surface area contributed by atoms with Crippen molar-refractivity contribution >= 4 is 44.0 Å². The molecule has 2 aromatic carbocycles. The number of ether oxygens (including phenoxy) is 1. The quantitative estimate of drug-likeness (QED) is 0.759. The highest BCUT2D eigenvalue weighted by Gasteiger charge is 2.05. The average Bonchev–Trinajstić information content (AvgIpc) is 2.80. The van der Waals surface area contributed by atoms with Gasteiger partial charge in [-0.2, -0.15) is 0 Å². The minimum absolute atomic E-state index is 0.700. The lowest BCUT2D eigenvalue weighted by Gasteiger charge is -2.04. The second-order valence-electron chi connectivity index (χ2n) is 3.99. The monoisotopic (exact) mass is 290 g/mol. The molecule has 1 aromatic heterocycles. The number of aromatic nitrogens is 1. The van der Waals surface area contributed by atoms with Gasteiger partial charge >= 0.3 is 0 Å². The van der Waals surface area contributed by atoms with Gasteiger partial charge in [-0.25, -0.2) is 4.98 Å². The number of thiazole rings is 1. The van der Waals surface area contributed by atoms with Gasteiger partial charge in [0.15, 0.2) is 5.13 Å². The molecule has 0 saturated carbocycles. The maximum Gasteiger partial charge on any atom is 0.188 e.